The molecule has 0 saturated heterocycles. The Morgan fingerprint density at radius 2 is 1.68 bits per heavy atom. The van der Waals surface area contributed by atoms with E-state index in [1.165, 1.54) is 6.42 Å². The number of ether oxygens (including phenoxy) is 3. The van der Waals surface area contributed by atoms with E-state index in [9.17, 15) is 4.79 Å². The first kappa shape index (κ1) is 16.7. The molecule has 0 spiro atoms. The van der Waals surface area contributed by atoms with E-state index in [2.05, 4.69) is 20.8 Å². The summed E-state index contributed by atoms with van der Waals surface area (Å²) in [7, 11) is 1.60. The fraction of sp³-hybridized carbons (Fsp3) is 0.611. The third kappa shape index (κ3) is 4.65. The minimum Gasteiger partial charge on any atom is -0.497 e. The Balaban J connectivity index is 2.06. The molecule has 122 valence electrons. The van der Waals surface area contributed by atoms with Gasteiger partial charge < -0.3 is 14.2 Å². The summed E-state index contributed by atoms with van der Waals surface area (Å²) < 4.78 is 16.0. The third-order valence-electron chi connectivity index (χ3n) is 4.00. The van der Waals surface area contributed by atoms with Crippen molar-refractivity contribution < 1.29 is 19.0 Å². The van der Waals surface area contributed by atoms with Crippen LogP contribution in [0, 0.1) is 0 Å². The maximum atomic E-state index is 12.0. The Hall–Kier alpha value is -1.71. The number of carbonyl (C=O) groups excluding carboxylic acids is 1. The van der Waals surface area contributed by atoms with Crippen LogP contribution < -0.4 is 9.47 Å². The van der Waals surface area contributed by atoms with Crippen LogP contribution in [-0.4, -0.2) is 19.4 Å². The van der Waals surface area contributed by atoms with Crippen molar-refractivity contribution >= 4 is 6.16 Å². The lowest BCUT2D eigenvalue weighted by Crippen LogP contribution is -2.23. The van der Waals surface area contributed by atoms with Gasteiger partial charge in [0.05, 0.1) is 7.11 Å². The fourth-order valence-corrected chi connectivity index (χ4v) is 2.62. The molecule has 1 aromatic rings. The molecular weight excluding hydrogens is 280 g/mol. The van der Waals surface area contributed by atoms with Gasteiger partial charge in [-0.3, -0.25) is 0 Å². The predicted molar refractivity (Wildman–Crippen MR) is 85.7 cm³/mol. The van der Waals surface area contributed by atoms with Crippen LogP contribution in [0.1, 0.15) is 58.4 Å². The molecule has 0 aliphatic heterocycles. The molecule has 1 aliphatic carbocycles. The summed E-state index contributed by atoms with van der Waals surface area (Å²) in [6, 6.07) is 5.53. The monoisotopic (exact) mass is 306 g/mol. The first-order chi connectivity index (χ1) is 10.4. The molecule has 0 atom stereocenters. The van der Waals surface area contributed by atoms with E-state index in [0.29, 0.717) is 11.5 Å². The fourth-order valence-electron chi connectivity index (χ4n) is 2.62. The maximum Gasteiger partial charge on any atom is 0.514 e. The van der Waals surface area contributed by atoms with Gasteiger partial charge in [-0.2, -0.15) is 0 Å². The Morgan fingerprint density at radius 1 is 1.05 bits per heavy atom. The zero-order valence-electron chi connectivity index (χ0n) is 14.0. The number of rotatable bonds is 3. The minimum absolute atomic E-state index is 0.00561. The van der Waals surface area contributed by atoms with Gasteiger partial charge in [-0.1, -0.05) is 27.2 Å². The highest BCUT2D eigenvalue weighted by Crippen LogP contribution is 2.31. The largest absolute Gasteiger partial charge is 0.514 e. The summed E-state index contributed by atoms with van der Waals surface area (Å²) in [6.45, 7) is 6.31. The van der Waals surface area contributed by atoms with Crippen LogP contribution in [0.4, 0.5) is 4.79 Å². The van der Waals surface area contributed by atoms with Gasteiger partial charge in [0.15, 0.2) is 0 Å². The predicted octanol–water partition coefficient (Wildman–Crippen LogP) is 4.84. The molecule has 0 radical (unpaired) electrons. The molecule has 0 bridgehead atoms. The first-order valence-electron chi connectivity index (χ1n) is 7.96. The highest BCUT2D eigenvalue weighted by atomic mass is 16.7. The summed E-state index contributed by atoms with van der Waals surface area (Å²) in [6.07, 6.45) is 4.69. The van der Waals surface area contributed by atoms with E-state index in [4.69, 9.17) is 14.2 Å². The van der Waals surface area contributed by atoms with Crippen LogP contribution in [-0.2, 0) is 10.2 Å². The zero-order valence-corrected chi connectivity index (χ0v) is 14.0. The van der Waals surface area contributed by atoms with Crippen molar-refractivity contribution in [3.05, 3.63) is 23.8 Å². The lowest BCUT2D eigenvalue weighted by Gasteiger charge is -2.22. The Labute approximate surface area is 132 Å². The summed E-state index contributed by atoms with van der Waals surface area (Å²) in [5.41, 5.74) is 0.993. The summed E-state index contributed by atoms with van der Waals surface area (Å²) >= 11 is 0. The average molecular weight is 306 g/mol. The van der Waals surface area contributed by atoms with Crippen molar-refractivity contribution in [2.24, 2.45) is 0 Å². The van der Waals surface area contributed by atoms with Gasteiger partial charge in [-0.15, -0.1) is 0 Å². The molecule has 1 aliphatic rings. The number of methoxy groups -OCH3 is 1. The molecule has 4 nitrogen and oxygen atoms in total. The van der Waals surface area contributed by atoms with Gasteiger partial charge in [0, 0.05) is 6.07 Å². The maximum absolute atomic E-state index is 12.0. The Bertz CT molecular complexity index is 510. The van der Waals surface area contributed by atoms with Gasteiger partial charge in [0.1, 0.15) is 17.6 Å². The Morgan fingerprint density at radius 3 is 2.27 bits per heavy atom. The van der Waals surface area contributed by atoms with Crippen molar-refractivity contribution in [3.8, 4) is 11.5 Å². The summed E-state index contributed by atoms with van der Waals surface area (Å²) in [4.78, 5) is 12.0. The highest BCUT2D eigenvalue weighted by molar-refractivity contribution is 5.64. The third-order valence-corrected chi connectivity index (χ3v) is 4.00. The smallest absolute Gasteiger partial charge is 0.497 e. The van der Waals surface area contributed by atoms with Crippen LogP contribution in [0.25, 0.3) is 0 Å². The molecule has 0 N–H and O–H groups in total. The minimum atomic E-state index is -0.625. The van der Waals surface area contributed by atoms with E-state index in [1.807, 2.05) is 12.1 Å². The van der Waals surface area contributed by atoms with Gasteiger partial charge in [-0.25, -0.2) is 4.79 Å². The molecule has 0 aromatic heterocycles. The molecule has 22 heavy (non-hydrogen) atoms. The van der Waals surface area contributed by atoms with E-state index < -0.39 is 6.16 Å². The second-order valence-corrected chi connectivity index (χ2v) is 6.88. The van der Waals surface area contributed by atoms with Crippen molar-refractivity contribution in [2.45, 2.75) is 64.4 Å². The zero-order chi connectivity index (χ0) is 16.2. The SMILES string of the molecule is COc1cc(OC(=O)OC2CCCCC2)cc(C(C)(C)C)c1. The summed E-state index contributed by atoms with van der Waals surface area (Å²) in [5.74, 6) is 1.14. The van der Waals surface area contributed by atoms with E-state index >= 15 is 0 Å². The normalized spacial score (nSPS) is 16.2. The lowest BCUT2D eigenvalue weighted by molar-refractivity contribution is 0.0416. The van der Waals surface area contributed by atoms with E-state index in [-0.39, 0.29) is 11.5 Å². The molecule has 0 unspecified atom stereocenters. The molecule has 4 heteroatoms. The molecule has 0 heterocycles. The van der Waals surface area contributed by atoms with Crippen molar-refractivity contribution in [3.63, 3.8) is 0 Å². The van der Waals surface area contributed by atoms with Crippen LogP contribution in [0.5, 0.6) is 11.5 Å². The van der Waals surface area contributed by atoms with Crippen molar-refractivity contribution in [2.75, 3.05) is 7.11 Å². The number of carbonyl (C=O) groups is 1. The van der Waals surface area contributed by atoms with Gasteiger partial charge in [-0.05, 0) is 48.8 Å². The van der Waals surface area contributed by atoms with Crippen LogP contribution in [0.3, 0.4) is 0 Å². The van der Waals surface area contributed by atoms with Crippen molar-refractivity contribution in [1.29, 1.82) is 0 Å². The van der Waals surface area contributed by atoms with Crippen LogP contribution in [0.15, 0.2) is 18.2 Å². The standard InChI is InChI=1S/C18H26O4/c1-18(2,3)13-10-15(20-4)12-16(11-13)22-17(19)21-14-8-6-5-7-9-14/h10-12,14H,5-9H2,1-4H3. The van der Waals surface area contributed by atoms with Crippen LogP contribution in [0.2, 0.25) is 0 Å². The highest BCUT2D eigenvalue weighted by Gasteiger charge is 2.21. The molecule has 2 rings (SSSR count). The molecule has 1 aromatic carbocycles. The summed E-state index contributed by atoms with van der Waals surface area (Å²) in [5, 5.41) is 0. The molecule has 0 amide bonds. The van der Waals surface area contributed by atoms with Gasteiger partial charge >= 0.3 is 6.16 Å². The number of benzene rings is 1. The van der Waals surface area contributed by atoms with E-state index in [1.54, 1.807) is 13.2 Å². The lowest BCUT2D eigenvalue weighted by atomic mass is 9.87. The molecule has 1 fully saturated rings. The van der Waals surface area contributed by atoms with Crippen molar-refractivity contribution in [1.82, 2.24) is 0 Å². The second kappa shape index (κ2) is 7.03. The van der Waals surface area contributed by atoms with Gasteiger partial charge in [0.25, 0.3) is 0 Å². The number of hydrogen-bond donors (Lipinski definition) is 0. The molecule has 1 saturated carbocycles. The number of hydrogen-bond acceptors (Lipinski definition) is 4. The first-order valence-corrected chi connectivity index (χ1v) is 7.96. The average Bonchev–Trinajstić information content (AvgIpc) is 2.46. The van der Waals surface area contributed by atoms with Crippen LogP contribution >= 0.6 is 0 Å². The second-order valence-electron chi connectivity index (χ2n) is 6.88. The quantitative estimate of drug-likeness (QED) is 0.592. The molecular formula is C18H26O4. The van der Waals surface area contributed by atoms with E-state index in [0.717, 1.165) is 31.2 Å². The topological polar surface area (TPSA) is 44.8 Å². The van der Waals surface area contributed by atoms with Gasteiger partial charge in [0.2, 0.25) is 0 Å². The Kier molecular flexibility index (Phi) is 5.33.